The van der Waals surface area contributed by atoms with Crippen LogP contribution in [0.5, 0.6) is 0 Å². The molecule has 4 nitrogen and oxygen atoms in total. The number of halogens is 1. The number of ether oxygens (including phenoxy) is 1. The Hall–Kier alpha value is -2.11. The van der Waals surface area contributed by atoms with Gasteiger partial charge in [-0.3, -0.25) is 5.32 Å². The van der Waals surface area contributed by atoms with E-state index >= 15 is 0 Å². The maximum Gasteiger partial charge on any atom is 0.142 e. The number of benzene rings is 1. The Labute approximate surface area is 127 Å². The van der Waals surface area contributed by atoms with Crippen molar-refractivity contribution in [2.75, 3.05) is 0 Å². The van der Waals surface area contributed by atoms with Crippen molar-refractivity contribution in [1.29, 1.82) is 0 Å². The van der Waals surface area contributed by atoms with Gasteiger partial charge in [0.05, 0.1) is 6.04 Å². The average Bonchev–Trinajstić information content (AvgIpc) is 2.92. The van der Waals surface area contributed by atoms with E-state index in [0.717, 1.165) is 28.1 Å². The zero-order valence-electron chi connectivity index (χ0n) is 12.4. The molecule has 0 amide bonds. The summed E-state index contributed by atoms with van der Waals surface area (Å²) in [5.41, 5.74) is 1.88. The van der Waals surface area contributed by atoms with E-state index in [9.17, 15) is 4.39 Å². The number of fused-ring (bicyclic) bond motifs is 1. The van der Waals surface area contributed by atoms with Gasteiger partial charge in [0, 0.05) is 16.6 Å². The summed E-state index contributed by atoms with van der Waals surface area (Å²) in [7, 11) is 0. The molecular weight excluding hydrogens is 283 g/mol. The van der Waals surface area contributed by atoms with Crippen molar-refractivity contribution in [3.8, 4) is 0 Å². The summed E-state index contributed by atoms with van der Waals surface area (Å²) < 4.78 is 24.5. The Kier molecular flexibility index (Phi) is 3.06. The molecule has 22 heavy (non-hydrogen) atoms. The molecular formula is C17H17FN2O2. The number of aromatic amines is 1. The summed E-state index contributed by atoms with van der Waals surface area (Å²) in [6.45, 7) is 3.97. The number of hydrogen-bond donors (Lipinski definition) is 2. The monoisotopic (exact) mass is 300 g/mol. The van der Waals surface area contributed by atoms with Crippen LogP contribution in [0.3, 0.4) is 0 Å². The first-order valence-electron chi connectivity index (χ1n) is 7.36. The van der Waals surface area contributed by atoms with E-state index < -0.39 is 0 Å². The number of aryl methyl sites for hydroxylation is 1. The molecule has 1 fully saturated rings. The summed E-state index contributed by atoms with van der Waals surface area (Å²) >= 11 is 0. The number of hydrogen-bond acceptors (Lipinski definition) is 3. The van der Waals surface area contributed by atoms with Crippen molar-refractivity contribution in [1.82, 2.24) is 10.3 Å². The highest BCUT2D eigenvalue weighted by Crippen LogP contribution is 2.39. The van der Waals surface area contributed by atoms with Gasteiger partial charge in [-0.1, -0.05) is 0 Å². The molecule has 2 aromatic heterocycles. The van der Waals surface area contributed by atoms with Crippen LogP contribution in [-0.2, 0) is 4.74 Å². The minimum atomic E-state index is -0.230. The third-order valence-corrected chi connectivity index (χ3v) is 4.00. The second kappa shape index (κ2) is 4.97. The maximum absolute atomic E-state index is 13.2. The third kappa shape index (κ3) is 2.42. The summed E-state index contributed by atoms with van der Waals surface area (Å²) in [6.07, 6.45) is -0.0905. The summed E-state index contributed by atoms with van der Waals surface area (Å²) in [5.74, 6) is 1.56. The lowest BCUT2D eigenvalue weighted by atomic mass is 10.2. The molecule has 4 rings (SSSR count). The third-order valence-electron chi connectivity index (χ3n) is 4.00. The second-order valence-electron chi connectivity index (χ2n) is 5.77. The molecule has 114 valence electrons. The molecule has 3 atom stereocenters. The van der Waals surface area contributed by atoms with Crippen LogP contribution in [0.25, 0.3) is 10.9 Å². The molecule has 2 N–H and O–H groups in total. The first-order valence-corrected chi connectivity index (χ1v) is 7.36. The van der Waals surface area contributed by atoms with Gasteiger partial charge in [0.1, 0.15) is 29.7 Å². The standard InChI is InChI=1S/C17H17FN2O2/c1-9-3-6-15(21-9)10(2)19-17-16(22-17)14-8-11-7-12(18)4-5-13(11)20-14/h3-8,10,16-17,19-20H,1-2H3. The molecule has 0 spiro atoms. The van der Waals surface area contributed by atoms with Gasteiger partial charge in [0.15, 0.2) is 0 Å². The molecule has 3 aromatic rings. The Morgan fingerprint density at radius 1 is 1.23 bits per heavy atom. The maximum atomic E-state index is 13.2. The van der Waals surface area contributed by atoms with E-state index in [4.69, 9.17) is 9.15 Å². The Morgan fingerprint density at radius 2 is 2.09 bits per heavy atom. The molecule has 1 saturated heterocycles. The highest BCUT2D eigenvalue weighted by molar-refractivity contribution is 5.80. The highest BCUT2D eigenvalue weighted by atomic mass is 19.1. The van der Waals surface area contributed by atoms with Gasteiger partial charge in [0.25, 0.3) is 0 Å². The fraction of sp³-hybridized carbons (Fsp3) is 0.294. The molecule has 0 aliphatic carbocycles. The first-order chi connectivity index (χ1) is 10.6. The normalized spacial score (nSPS) is 22.1. The largest absolute Gasteiger partial charge is 0.465 e. The van der Waals surface area contributed by atoms with Crippen LogP contribution in [0, 0.1) is 12.7 Å². The van der Waals surface area contributed by atoms with Crippen molar-refractivity contribution in [2.24, 2.45) is 0 Å². The smallest absolute Gasteiger partial charge is 0.142 e. The molecule has 1 aromatic carbocycles. The van der Waals surface area contributed by atoms with Gasteiger partial charge in [-0.2, -0.15) is 0 Å². The number of nitrogens with one attached hydrogen (secondary N) is 2. The fourth-order valence-electron chi connectivity index (χ4n) is 2.77. The predicted octanol–water partition coefficient (Wildman–Crippen LogP) is 3.96. The number of aromatic nitrogens is 1. The van der Waals surface area contributed by atoms with E-state index in [1.165, 1.54) is 12.1 Å². The lowest BCUT2D eigenvalue weighted by Gasteiger charge is -2.08. The molecule has 5 heteroatoms. The van der Waals surface area contributed by atoms with Crippen LogP contribution in [0.1, 0.15) is 36.3 Å². The Morgan fingerprint density at radius 3 is 2.86 bits per heavy atom. The molecule has 1 aliphatic heterocycles. The quantitative estimate of drug-likeness (QED) is 0.717. The van der Waals surface area contributed by atoms with Crippen LogP contribution in [-0.4, -0.2) is 11.2 Å². The topological polar surface area (TPSA) is 53.5 Å². The minimum Gasteiger partial charge on any atom is -0.465 e. The number of rotatable bonds is 4. The second-order valence-corrected chi connectivity index (χ2v) is 5.77. The lowest BCUT2D eigenvalue weighted by Crippen LogP contribution is -2.22. The number of furan rings is 1. The van der Waals surface area contributed by atoms with Gasteiger partial charge < -0.3 is 14.1 Å². The Bertz CT molecular complexity index is 823. The molecule has 0 radical (unpaired) electrons. The summed E-state index contributed by atoms with van der Waals surface area (Å²) in [5, 5.41) is 4.24. The van der Waals surface area contributed by atoms with Crippen LogP contribution >= 0.6 is 0 Å². The number of epoxide rings is 1. The first kappa shape index (κ1) is 13.5. The lowest BCUT2D eigenvalue weighted by molar-refractivity contribution is 0.315. The van der Waals surface area contributed by atoms with E-state index in [1.807, 2.05) is 32.0 Å². The van der Waals surface area contributed by atoms with Gasteiger partial charge in [0.2, 0.25) is 0 Å². The Balaban J connectivity index is 1.46. The molecule has 0 saturated carbocycles. The van der Waals surface area contributed by atoms with Crippen LogP contribution in [0.2, 0.25) is 0 Å². The van der Waals surface area contributed by atoms with Crippen molar-refractivity contribution >= 4 is 10.9 Å². The average molecular weight is 300 g/mol. The van der Waals surface area contributed by atoms with Crippen LogP contribution in [0.15, 0.2) is 40.8 Å². The van der Waals surface area contributed by atoms with Crippen molar-refractivity contribution in [3.05, 3.63) is 59.4 Å². The highest BCUT2D eigenvalue weighted by Gasteiger charge is 2.42. The molecule has 3 heterocycles. The van der Waals surface area contributed by atoms with E-state index in [2.05, 4.69) is 10.3 Å². The van der Waals surface area contributed by atoms with E-state index in [1.54, 1.807) is 6.07 Å². The zero-order valence-corrected chi connectivity index (χ0v) is 12.4. The van der Waals surface area contributed by atoms with Crippen LogP contribution < -0.4 is 5.32 Å². The fourth-order valence-corrected chi connectivity index (χ4v) is 2.77. The van der Waals surface area contributed by atoms with Gasteiger partial charge >= 0.3 is 0 Å². The van der Waals surface area contributed by atoms with Gasteiger partial charge in [-0.05, 0) is 50.2 Å². The summed E-state index contributed by atoms with van der Waals surface area (Å²) in [6, 6.07) is 10.6. The molecule has 3 unspecified atom stereocenters. The van der Waals surface area contributed by atoms with Gasteiger partial charge in [-0.25, -0.2) is 4.39 Å². The van der Waals surface area contributed by atoms with Gasteiger partial charge in [-0.15, -0.1) is 0 Å². The minimum absolute atomic E-state index is 0.0334. The van der Waals surface area contributed by atoms with Crippen LogP contribution in [0.4, 0.5) is 4.39 Å². The zero-order chi connectivity index (χ0) is 15.3. The van der Waals surface area contributed by atoms with E-state index in [0.29, 0.717) is 0 Å². The SMILES string of the molecule is Cc1ccc(C(C)NC2OC2c2cc3cc(F)ccc3[nH]2)o1. The van der Waals surface area contributed by atoms with Crippen molar-refractivity contribution in [3.63, 3.8) is 0 Å². The predicted molar refractivity (Wildman–Crippen MR) is 80.9 cm³/mol. The molecule has 0 bridgehead atoms. The van der Waals surface area contributed by atoms with E-state index in [-0.39, 0.29) is 24.2 Å². The van der Waals surface area contributed by atoms with Crippen molar-refractivity contribution < 1.29 is 13.5 Å². The number of H-pyrrole nitrogens is 1. The summed E-state index contributed by atoms with van der Waals surface area (Å²) in [4.78, 5) is 3.28. The molecule has 1 aliphatic rings. The van der Waals surface area contributed by atoms with Crippen molar-refractivity contribution in [2.45, 2.75) is 32.2 Å².